The van der Waals surface area contributed by atoms with Gasteiger partial charge in [-0.25, -0.2) is 0 Å². The van der Waals surface area contributed by atoms with Crippen LogP contribution in [0.5, 0.6) is 0 Å². The second kappa shape index (κ2) is 4.69. The second-order valence-electron chi connectivity index (χ2n) is 3.74. The monoisotopic (exact) mass is 232 g/mol. The van der Waals surface area contributed by atoms with Crippen LogP contribution in [0.15, 0.2) is 41.2 Å². The van der Waals surface area contributed by atoms with E-state index in [1.54, 1.807) is 25.5 Å². The lowest BCUT2D eigenvalue weighted by Gasteiger charge is -2.05. The topological polar surface area (TPSA) is 68.3 Å². The molecule has 0 aliphatic carbocycles. The van der Waals surface area contributed by atoms with Gasteiger partial charge >= 0.3 is 0 Å². The first-order chi connectivity index (χ1) is 8.16. The Labute approximate surface area is 98.2 Å². The summed E-state index contributed by atoms with van der Waals surface area (Å²) in [6.45, 7) is 2.30. The van der Waals surface area contributed by atoms with Crippen LogP contribution in [0.25, 0.3) is 0 Å². The normalized spacial score (nSPS) is 10.2. The summed E-state index contributed by atoms with van der Waals surface area (Å²) in [5.74, 6) is 0. The van der Waals surface area contributed by atoms with Gasteiger partial charge in [-0.1, -0.05) is 6.07 Å². The van der Waals surface area contributed by atoms with Crippen molar-refractivity contribution in [3.63, 3.8) is 0 Å². The zero-order valence-electron chi connectivity index (χ0n) is 9.34. The third-order valence-corrected chi connectivity index (χ3v) is 2.48. The Kier molecular flexibility index (Phi) is 3.09. The largest absolute Gasteiger partial charge is 0.472 e. The van der Waals surface area contributed by atoms with Gasteiger partial charge in [0.05, 0.1) is 17.4 Å². The number of nitro groups is 1. The molecule has 0 fully saturated rings. The van der Waals surface area contributed by atoms with Crippen LogP contribution in [0, 0.1) is 17.0 Å². The minimum atomic E-state index is -0.377. The molecule has 88 valence electrons. The number of aryl methyl sites for hydroxylation is 1. The zero-order chi connectivity index (χ0) is 12.3. The Morgan fingerprint density at radius 3 is 2.88 bits per heavy atom. The van der Waals surface area contributed by atoms with Gasteiger partial charge in [0.15, 0.2) is 0 Å². The molecule has 1 heterocycles. The standard InChI is InChI=1S/C12H12N2O3/c1-9-2-3-11(6-12(9)14(15)16)13-7-10-4-5-17-8-10/h2-6,8,13H,7H2,1H3. The molecule has 0 saturated heterocycles. The Morgan fingerprint density at radius 1 is 1.41 bits per heavy atom. The number of nitrogens with zero attached hydrogens (tertiary/aromatic N) is 1. The van der Waals surface area contributed by atoms with E-state index < -0.39 is 0 Å². The molecule has 0 saturated carbocycles. The SMILES string of the molecule is Cc1ccc(NCc2ccoc2)cc1[N+](=O)[O-]. The Bertz CT molecular complexity index is 521. The molecule has 2 rings (SSSR count). The number of nitrogens with one attached hydrogen (secondary N) is 1. The van der Waals surface area contributed by atoms with Crippen molar-refractivity contribution in [1.82, 2.24) is 0 Å². The molecular formula is C12H12N2O3. The highest BCUT2D eigenvalue weighted by molar-refractivity contribution is 5.54. The van der Waals surface area contributed by atoms with Crippen molar-refractivity contribution in [3.05, 3.63) is 58.0 Å². The lowest BCUT2D eigenvalue weighted by Crippen LogP contribution is -1.99. The van der Waals surface area contributed by atoms with Crippen molar-refractivity contribution in [1.29, 1.82) is 0 Å². The van der Waals surface area contributed by atoms with E-state index in [4.69, 9.17) is 4.42 Å². The van der Waals surface area contributed by atoms with Gasteiger partial charge in [-0.3, -0.25) is 10.1 Å². The maximum absolute atomic E-state index is 10.8. The molecule has 1 aromatic heterocycles. The second-order valence-corrected chi connectivity index (χ2v) is 3.74. The van der Waals surface area contributed by atoms with E-state index in [-0.39, 0.29) is 10.6 Å². The highest BCUT2D eigenvalue weighted by Crippen LogP contribution is 2.22. The highest BCUT2D eigenvalue weighted by atomic mass is 16.6. The fraction of sp³-hybridized carbons (Fsp3) is 0.167. The van der Waals surface area contributed by atoms with E-state index in [0.29, 0.717) is 12.1 Å². The number of nitro benzene ring substituents is 1. The maximum atomic E-state index is 10.8. The predicted octanol–water partition coefficient (Wildman–Crippen LogP) is 3.11. The van der Waals surface area contributed by atoms with Crippen molar-refractivity contribution in [2.75, 3.05) is 5.32 Å². The first-order valence-electron chi connectivity index (χ1n) is 5.17. The maximum Gasteiger partial charge on any atom is 0.274 e. The molecule has 0 spiro atoms. The quantitative estimate of drug-likeness (QED) is 0.649. The highest BCUT2D eigenvalue weighted by Gasteiger charge is 2.10. The van der Waals surface area contributed by atoms with E-state index in [1.165, 1.54) is 6.07 Å². The van der Waals surface area contributed by atoms with E-state index >= 15 is 0 Å². The molecule has 1 N–H and O–H groups in total. The fourth-order valence-corrected chi connectivity index (χ4v) is 1.51. The summed E-state index contributed by atoms with van der Waals surface area (Å²) >= 11 is 0. The van der Waals surface area contributed by atoms with E-state index in [1.807, 2.05) is 12.1 Å². The zero-order valence-corrected chi connectivity index (χ0v) is 9.34. The van der Waals surface area contributed by atoms with Crippen LogP contribution in [0.4, 0.5) is 11.4 Å². The van der Waals surface area contributed by atoms with E-state index in [9.17, 15) is 10.1 Å². The smallest absolute Gasteiger partial charge is 0.274 e. The first kappa shape index (κ1) is 11.2. The van der Waals surface area contributed by atoms with Crippen molar-refractivity contribution in [3.8, 4) is 0 Å². The van der Waals surface area contributed by atoms with Gasteiger partial charge in [0.1, 0.15) is 0 Å². The number of hydrogen-bond donors (Lipinski definition) is 1. The van der Waals surface area contributed by atoms with Crippen molar-refractivity contribution < 1.29 is 9.34 Å². The molecule has 17 heavy (non-hydrogen) atoms. The van der Waals surface area contributed by atoms with Crippen molar-refractivity contribution >= 4 is 11.4 Å². The number of benzene rings is 1. The van der Waals surface area contributed by atoms with Gasteiger partial charge < -0.3 is 9.73 Å². The van der Waals surface area contributed by atoms with Crippen LogP contribution in [0.2, 0.25) is 0 Å². The molecule has 5 heteroatoms. The van der Waals surface area contributed by atoms with Crippen LogP contribution < -0.4 is 5.32 Å². The van der Waals surface area contributed by atoms with Gasteiger partial charge in [0, 0.05) is 29.4 Å². The Balaban J connectivity index is 2.11. The lowest BCUT2D eigenvalue weighted by atomic mass is 10.2. The molecular weight excluding hydrogens is 220 g/mol. The summed E-state index contributed by atoms with van der Waals surface area (Å²) in [7, 11) is 0. The molecule has 0 unspecified atom stereocenters. The third-order valence-electron chi connectivity index (χ3n) is 2.48. The molecule has 0 radical (unpaired) electrons. The summed E-state index contributed by atoms with van der Waals surface area (Å²) in [4.78, 5) is 10.4. The third kappa shape index (κ3) is 2.63. The van der Waals surface area contributed by atoms with Gasteiger partial charge in [0.25, 0.3) is 5.69 Å². The number of anilines is 1. The molecule has 0 aliphatic heterocycles. The average molecular weight is 232 g/mol. The van der Waals surface area contributed by atoms with Gasteiger partial charge in [-0.2, -0.15) is 0 Å². The van der Waals surface area contributed by atoms with Crippen LogP contribution >= 0.6 is 0 Å². The predicted molar refractivity (Wildman–Crippen MR) is 63.9 cm³/mol. The minimum absolute atomic E-state index is 0.127. The molecule has 0 amide bonds. The van der Waals surface area contributed by atoms with Crippen molar-refractivity contribution in [2.24, 2.45) is 0 Å². The lowest BCUT2D eigenvalue weighted by molar-refractivity contribution is -0.385. The molecule has 5 nitrogen and oxygen atoms in total. The van der Waals surface area contributed by atoms with Crippen molar-refractivity contribution in [2.45, 2.75) is 13.5 Å². The Hall–Kier alpha value is -2.30. The number of furan rings is 1. The summed E-state index contributed by atoms with van der Waals surface area (Å²) in [5.41, 5.74) is 2.50. The van der Waals surface area contributed by atoms with Crippen LogP contribution in [-0.2, 0) is 6.54 Å². The Morgan fingerprint density at radius 2 is 2.24 bits per heavy atom. The molecule has 2 aromatic rings. The number of rotatable bonds is 4. The van der Waals surface area contributed by atoms with Gasteiger partial charge in [-0.15, -0.1) is 0 Å². The van der Waals surface area contributed by atoms with Crippen LogP contribution in [0.3, 0.4) is 0 Å². The van der Waals surface area contributed by atoms with E-state index in [2.05, 4.69) is 5.32 Å². The number of hydrogen-bond acceptors (Lipinski definition) is 4. The van der Waals surface area contributed by atoms with Gasteiger partial charge in [-0.05, 0) is 19.1 Å². The van der Waals surface area contributed by atoms with E-state index in [0.717, 1.165) is 11.3 Å². The molecule has 0 bridgehead atoms. The summed E-state index contributed by atoms with van der Waals surface area (Å²) in [5, 5.41) is 13.9. The average Bonchev–Trinajstić information content (AvgIpc) is 2.80. The fourth-order valence-electron chi connectivity index (χ4n) is 1.51. The summed E-state index contributed by atoms with van der Waals surface area (Å²) < 4.78 is 4.94. The van der Waals surface area contributed by atoms with Gasteiger partial charge in [0.2, 0.25) is 0 Å². The first-order valence-corrected chi connectivity index (χ1v) is 5.17. The van der Waals surface area contributed by atoms with Crippen LogP contribution in [0.1, 0.15) is 11.1 Å². The molecule has 1 aromatic carbocycles. The van der Waals surface area contributed by atoms with Crippen LogP contribution in [-0.4, -0.2) is 4.92 Å². The minimum Gasteiger partial charge on any atom is -0.472 e. The summed E-state index contributed by atoms with van der Waals surface area (Å²) in [6, 6.07) is 6.93. The molecule has 0 atom stereocenters. The molecule has 0 aliphatic rings. The summed E-state index contributed by atoms with van der Waals surface area (Å²) in [6.07, 6.45) is 3.23.